The average Bonchev–Trinajstić information content (AvgIpc) is 3.52. The van der Waals surface area contributed by atoms with Crippen molar-refractivity contribution in [2.24, 2.45) is 0 Å². The second-order valence-electron chi connectivity index (χ2n) is 15.6. The first kappa shape index (κ1) is 33.1. The number of aromatic nitrogens is 3. The molecule has 3 heteroatoms. The summed E-state index contributed by atoms with van der Waals surface area (Å²) in [6.45, 7) is 4.77. The predicted octanol–water partition coefficient (Wildman–Crippen LogP) is 14.0. The molecule has 9 aromatic carbocycles. The maximum absolute atomic E-state index is 4.95. The second kappa shape index (κ2) is 12.9. The van der Waals surface area contributed by atoms with Crippen molar-refractivity contribution in [3.05, 3.63) is 199 Å². The maximum atomic E-state index is 4.95. The molecule has 0 saturated carbocycles. The van der Waals surface area contributed by atoms with E-state index in [1.54, 1.807) is 0 Å². The lowest BCUT2D eigenvalue weighted by Gasteiger charge is -2.24. The average molecular weight is 728 g/mol. The zero-order chi connectivity index (χ0) is 38.1. The lowest BCUT2D eigenvalue weighted by atomic mass is 9.79. The van der Waals surface area contributed by atoms with Gasteiger partial charge in [0.05, 0.1) is 0 Å². The molecular weight excluding hydrogens is 691 g/mol. The third-order valence-corrected chi connectivity index (χ3v) is 11.9. The van der Waals surface area contributed by atoms with E-state index in [-0.39, 0.29) is 5.41 Å². The van der Waals surface area contributed by atoms with E-state index in [2.05, 4.69) is 141 Å². The Balaban J connectivity index is 1.00. The van der Waals surface area contributed by atoms with Crippen molar-refractivity contribution in [1.29, 1.82) is 0 Å². The topological polar surface area (TPSA) is 38.7 Å². The lowest BCUT2D eigenvalue weighted by molar-refractivity contribution is 0.666. The van der Waals surface area contributed by atoms with Crippen molar-refractivity contribution < 1.29 is 0 Å². The molecule has 0 radical (unpaired) electrons. The highest BCUT2D eigenvalue weighted by atomic mass is 15.0. The minimum atomic E-state index is -0.103. The van der Waals surface area contributed by atoms with E-state index in [1.165, 1.54) is 71.3 Å². The van der Waals surface area contributed by atoms with E-state index in [1.807, 2.05) is 60.7 Å². The molecule has 268 valence electrons. The van der Waals surface area contributed by atoms with Crippen LogP contribution in [0.15, 0.2) is 188 Å². The van der Waals surface area contributed by atoms with Gasteiger partial charge in [-0.05, 0) is 82.9 Å². The van der Waals surface area contributed by atoms with Crippen molar-refractivity contribution in [1.82, 2.24) is 15.0 Å². The number of rotatable bonds is 5. The van der Waals surface area contributed by atoms with Crippen LogP contribution in [0.3, 0.4) is 0 Å². The van der Waals surface area contributed by atoms with Crippen LogP contribution in [0.25, 0.3) is 99.9 Å². The fourth-order valence-electron chi connectivity index (χ4n) is 9.13. The molecule has 0 amide bonds. The van der Waals surface area contributed by atoms with E-state index in [9.17, 15) is 0 Å². The van der Waals surface area contributed by atoms with Crippen LogP contribution in [-0.2, 0) is 5.41 Å². The van der Waals surface area contributed by atoms with Crippen LogP contribution in [0.5, 0.6) is 0 Å². The van der Waals surface area contributed by atoms with Gasteiger partial charge in [-0.1, -0.05) is 196 Å². The van der Waals surface area contributed by atoms with Crippen molar-refractivity contribution >= 4 is 32.3 Å². The van der Waals surface area contributed by atoms with E-state index in [0.717, 1.165) is 22.3 Å². The SMILES string of the molecule is CC1(C)c2ccccc2-c2ccc3ccc4ccc5cc(-c6ccccc6-c6ccc(-c7nc(-c8ccccc8)nc(-c8ccccc8)n7)cc6)ccc5c4c3c21. The number of nitrogens with zero attached hydrogens (tertiary/aromatic N) is 3. The minimum absolute atomic E-state index is 0.103. The molecule has 0 N–H and O–H groups in total. The Labute approximate surface area is 332 Å². The molecular formula is C54H37N3. The first-order chi connectivity index (χ1) is 28.0. The van der Waals surface area contributed by atoms with Crippen molar-refractivity contribution in [3.8, 4) is 67.5 Å². The van der Waals surface area contributed by atoms with E-state index in [0.29, 0.717) is 17.5 Å². The van der Waals surface area contributed by atoms with Crippen LogP contribution in [0.1, 0.15) is 25.0 Å². The first-order valence-electron chi connectivity index (χ1n) is 19.6. The van der Waals surface area contributed by atoms with E-state index < -0.39 is 0 Å². The van der Waals surface area contributed by atoms with Gasteiger partial charge in [0, 0.05) is 22.1 Å². The molecule has 0 atom stereocenters. The summed E-state index contributed by atoms with van der Waals surface area (Å²) in [7, 11) is 0. The zero-order valence-electron chi connectivity index (χ0n) is 31.7. The summed E-state index contributed by atoms with van der Waals surface area (Å²) in [5.74, 6) is 1.96. The van der Waals surface area contributed by atoms with Gasteiger partial charge >= 0.3 is 0 Å². The molecule has 1 aliphatic carbocycles. The van der Waals surface area contributed by atoms with Crippen molar-refractivity contribution in [2.45, 2.75) is 19.3 Å². The lowest BCUT2D eigenvalue weighted by Crippen LogP contribution is -2.15. The molecule has 1 aliphatic rings. The Hall–Kier alpha value is -7.23. The van der Waals surface area contributed by atoms with Gasteiger partial charge in [0.25, 0.3) is 0 Å². The normalized spacial score (nSPS) is 12.9. The Bertz CT molecular complexity index is 3130. The summed E-state index contributed by atoms with van der Waals surface area (Å²) in [6, 6.07) is 67.3. The molecule has 0 unspecified atom stereocenters. The largest absolute Gasteiger partial charge is 0.208 e. The van der Waals surface area contributed by atoms with Gasteiger partial charge < -0.3 is 0 Å². The van der Waals surface area contributed by atoms with Crippen molar-refractivity contribution in [2.75, 3.05) is 0 Å². The first-order valence-corrected chi connectivity index (χ1v) is 19.6. The summed E-state index contributed by atoms with van der Waals surface area (Å²) >= 11 is 0. The molecule has 0 fully saturated rings. The Kier molecular flexibility index (Phi) is 7.52. The Morgan fingerprint density at radius 1 is 0.333 bits per heavy atom. The van der Waals surface area contributed by atoms with Gasteiger partial charge in [-0.3, -0.25) is 0 Å². The number of hydrogen-bond donors (Lipinski definition) is 0. The second-order valence-corrected chi connectivity index (χ2v) is 15.6. The smallest absolute Gasteiger partial charge is 0.164 e. The van der Waals surface area contributed by atoms with E-state index in [4.69, 9.17) is 15.0 Å². The van der Waals surface area contributed by atoms with Gasteiger partial charge in [-0.15, -0.1) is 0 Å². The number of benzene rings is 9. The highest BCUT2D eigenvalue weighted by Gasteiger charge is 2.37. The summed E-state index contributed by atoms with van der Waals surface area (Å²) in [5, 5.41) is 7.79. The molecule has 1 heterocycles. The van der Waals surface area contributed by atoms with Gasteiger partial charge in [0.15, 0.2) is 17.5 Å². The molecule has 11 rings (SSSR count). The zero-order valence-corrected chi connectivity index (χ0v) is 31.7. The summed E-state index contributed by atoms with van der Waals surface area (Å²) in [4.78, 5) is 14.8. The van der Waals surface area contributed by atoms with E-state index >= 15 is 0 Å². The number of hydrogen-bond acceptors (Lipinski definition) is 3. The third kappa shape index (κ3) is 5.38. The predicted molar refractivity (Wildman–Crippen MR) is 237 cm³/mol. The molecule has 0 spiro atoms. The van der Waals surface area contributed by atoms with Gasteiger partial charge in [0.2, 0.25) is 0 Å². The molecule has 10 aromatic rings. The Morgan fingerprint density at radius 2 is 0.789 bits per heavy atom. The van der Waals surface area contributed by atoms with Crippen LogP contribution in [0, 0.1) is 0 Å². The third-order valence-electron chi connectivity index (χ3n) is 11.9. The molecule has 1 aromatic heterocycles. The van der Waals surface area contributed by atoms with Crippen molar-refractivity contribution in [3.63, 3.8) is 0 Å². The minimum Gasteiger partial charge on any atom is -0.208 e. The monoisotopic (exact) mass is 727 g/mol. The van der Waals surface area contributed by atoms with Gasteiger partial charge in [-0.25, -0.2) is 15.0 Å². The van der Waals surface area contributed by atoms with Crippen LogP contribution in [-0.4, -0.2) is 15.0 Å². The standard InChI is InChI=1S/C54H37N3/c1-54(2)47-20-12-11-19-45(47)46-32-29-36-24-23-35-25-28-41-33-40(30-31-44(41)48(35)49(36)50(46)54)43-18-10-9-17-42(43)34-21-26-39(27-22-34)53-56-51(37-13-5-3-6-14-37)55-52(57-53)38-15-7-4-8-16-38/h3-33H,1-2H3. The summed E-state index contributed by atoms with van der Waals surface area (Å²) in [5.41, 5.74) is 13.0. The van der Waals surface area contributed by atoms with Crippen LogP contribution >= 0.6 is 0 Å². The molecule has 0 bridgehead atoms. The van der Waals surface area contributed by atoms with Crippen LogP contribution in [0.4, 0.5) is 0 Å². The number of fused-ring (bicyclic) bond motifs is 9. The van der Waals surface area contributed by atoms with Gasteiger partial charge in [-0.2, -0.15) is 0 Å². The fourth-order valence-corrected chi connectivity index (χ4v) is 9.13. The highest BCUT2D eigenvalue weighted by Crippen LogP contribution is 2.53. The summed E-state index contributed by atoms with van der Waals surface area (Å²) in [6.07, 6.45) is 0. The quantitative estimate of drug-likeness (QED) is 0.166. The molecule has 0 aliphatic heterocycles. The summed E-state index contributed by atoms with van der Waals surface area (Å²) < 4.78 is 0. The van der Waals surface area contributed by atoms with Gasteiger partial charge in [0.1, 0.15) is 0 Å². The highest BCUT2D eigenvalue weighted by molar-refractivity contribution is 6.23. The molecule has 3 nitrogen and oxygen atoms in total. The van der Waals surface area contributed by atoms with Crippen LogP contribution in [0.2, 0.25) is 0 Å². The van der Waals surface area contributed by atoms with Crippen LogP contribution < -0.4 is 0 Å². The Morgan fingerprint density at radius 3 is 1.42 bits per heavy atom. The maximum Gasteiger partial charge on any atom is 0.164 e. The fraction of sp³-hybridized carbons (Fsp3) is 0.0556. The molecule has 57 heavy (non-hydrogen) atoms. The molecule has 0 saturated heterocycles.